The van der Waals surface area contributed by atoms with E-state index in [1.807, 2.05) is 33.3 Å². The van der Waals surface area contributed by atoms with Crippen molar-refractivity contribution in [2.24, 2.45) is 0 Å². The summed E-state index contributed by atoms with van der Waals surface area (Å²) in [6.45, 7) is 6.91. The molecule has 0 aromatic carbocycles. The Morgan fingerprint density at radius 2 is 0.842 bits per heavy atom. The molecule has 0 fully saturated rings. The predicted molar refractivity (Wildman–Crippen MR) is 328 cm³/mol. The van der Waals surface area contributed by atoms with E-state index in [0.717, 1.165) is 89.9 Å². The lowest BCUT2D eigenvalue weighted by atomic mass is 10.0. The number of nitrogens with zero attached hydrogens (tertiary/aromatic N) is 1. The Morgan fingerprint density at radius 1 is 0.474 bits per heavy atom. The molecule has 10 heteroatoms. The van der Waals surface area contributed by atoms with Gasteiger partial charge >= 0.3 is 13.8 Å². The molecule has 2 N–H and O–H groups in total. The van der Waals surface area contributed by atoms with Crippen LogP contribution in [0, 0.1) is 0 Å². The third kappa shape index (κ3) is 56.4. The van der Waals surface area contributed by atoms with Gasteiger partial charge in [0.05, 0.1) is 33.8 Å². The van der Waals surface area contributed by atoms with Crippen LogP contribution in [-0.4, -0.2) is 74.3 Å². The van der Waals surface area contributed by atoms with Crippen LogP contribution in [0.3, 0.4) is 0 Å². The lowest BCUT2D eigenvalue weighted by molar-refractivity contribution is -0.870. The number of carbonyl (C=O) groups excluding carboxylic acids is 2. The van der Waals surface area contributed by atoms with Crippen molar-refractivity contribution in [2.75, 3.05) is 40.9 Å². The van der Waals surface area contributed by atoms with E-state index in [-0.39, 0.29) is 31.5 Å². The standard InChI is InChI=1S/C66H123N2O7P/c1-7-10-13-16-19-22-25-28-30-32-33-34-35-36-38-41-44-47-50-53-56-59-66(70)75-64(57-54-51-48-45-42-39-27-24-21-18-15-12-9-3)63(62-74-76(71,72)73-61-60-68(4,5)6)67-65(69)58-55-52-49-46-43-40-37-31-29-26-23-20-17-14-11-8-2/h11,14,20,23,28-31,54,57,63-64H,7-10,12-13,15-19,21-22,24-27,32-53,55-56,58-62H2,1-6H3,(H-,67,69,71,72)/p+1/b14-11+,23-20+,30-28+,31-29+,57-54+. The third-order valence-corrected chi connectivity index (χ3v) is 15.2. The molecule has 0 aliphatic carbocycles. The molecule has 0 rings (SSSR count). The van der Waals surface area contributed by atoms with Crippen LogP contribution in [-0.2, 0) is 27.9 Å². The van der Waals surface area contributed by atoms with Crippen molar-refractivity contribution in [2.45, 2.75) is 309 Å². The molecule has 76 heavy (non-hydrogen) atoms. The molecule has 444 valence electrons. The molecular formula is C66H124N2O7P+. The van der Waals surface area contributed by atoms with Gasteiger partial charge in [-0.1, -0.05) is 255 Å². The van der Waals surface area contributed by atoms with Gasteiger partial charge in [0, 0.05) is 12.8 Å². The van der Waals surface area contributed by atoms with Gasteiger partial charge in [0.15, 0.2) is 0 Å². The normalized spacial score (nSPS) is 14.0. The number of unbranched alkanes of at least 4 members (excludes halogenated alkanes) is 34. The van der Waals surface area contributed by atoms with Crippen LogP contribution in [0.2, 0.25) is 0 Å². The molecule has 0 saturated carbocycles. The van der Waals surface area contributed by atoms with E-state index in [0.29, 0.717) is 17.4 Å². The topological polar surface area (TPSA) is 111 Å². The monoisotopic (exact) mass is 1090 g/mol. The largest absolute Gasteiger partial charge is 0.472 e. The Bertz CT molecular complexity index is 1490. The van der Waals surface area contributed by atoms with Crippen molar-refractivity contribution in [3.63, 3.8) is 0 Å². The lowest BCUT2D eigenvalue weighted by Crippen LogP contribution is -2.47. The van der Waals surface area contributed by atoms with E-state index < -0.39 is 20.0 Å². The summed E-state index contributed by atoms with van der Waals surface area (Å²) in [5.74, 6) is -0.513. The van der Waals surface area contributed by atoms with Crippen molar-refractivity contribution in [1.82, 2.24) is 5.32 Å². The minimum absolute atomic E-state index is 0.0367. The summed E-state index contributed by atoms with van der Waals surface area (Å²) in [5.41, 5.74) is 0. The van der Waals surface area contributed by atoms with Gasteiger partial charge < -0.3 is 19.4 Å². The number of carbonyl (C=O) groups is 2. The van der Waals surface area contributed by atoms with Crippen molar-refractivity contribution in [3.05, 3.63) is 60.8 Å². The molecule has 0 aromatic heterocycles. The summed E-state index contributed by atoms with van der Waals surface area (Å²) in [6.07, 6.45) is 70.7. The Hall–Kier alpha value is -2.29. The minimum Gasteiger partial charge on any atom is -0.456 e. The summed E-state index contributed by atoms with van der Waals surface area (Å²) in [4.78, 5) is 37.8. The fourth-order valence-electron chi connectivity index (χ4n) is 9.24. The van der Waals surface area contributed by atoms with Gasteiger partial charge in [0.2, 0.25) is 5.91 Å². The van der Waals surface area contributed by atoms with Crippen molar-refractivity contribution in [3.8, 4) is 0 Å². The van der Waals surface area contributed by atoms with E-state index >= 15 is 0 Å². The number of ether oxygens (including phenoxy) is 1. The Kier molecular flexibility index (Phi) is 54.3. The number of quaternary nitrogens is 1. The maximum atomic E-state index is 13.5. The molecule has 0 bridgehead atoms. The van der Waals surface area contributed by atoms with Crippen LogP contribution in [0.4, 0.5) is 0 Å². The highest BCUT2D eigenvalue weighted by atomic mass is 31.2. The average Bonchev–Trinajstić information content (AvgIpc) is 3.38. The molecule has 0 radical (unpaired) electrons. The smallest absolute Gasteiger partial charge is 0.456 e. The van der Waals surface area contributed by atoms with Gasteiger partial charge in [0.25, 0.3) is 0 Å². The van der Waals surface area contributed by atoms with Gasteiger partial charge in [0.1, 0.15) is 19.3 Å². The zero-order valence-corrected chi connectivity index (χ0v) is 51.6. The minimum atomic E-state index is -4.45. The van der Waals surface area contributed by atoms with Gasteiger partial charge in [-0.3, -0.25) is 18.6 Å². The fourth-order valence-corrected chi connectivity index (χ4v) is 9.98. The van der Waals surface area contributed by atoms with Crippen LogP contribution in [0.1, 0.15) is 297 Å². The first kappa shape index (κ1) is 73.7. The van der Waals surface area contributed by atoms with Crippen LogP contribution < -0.4 is 5.32 Å². The van der Waals surface area contributed by atoms with Crippen molar-refractivity contribution < 1.29 is 37.3 Å². The van der Waals surface area contributed by atoms with Crippen LogP contribution >= 0.6 is 7.82 Å². The number of hydrogen-bond acceptors (Lipinski definition) is 6. The SMILES string of the molecule is CC/C=C/C/C=C/C/C=C/CCCCCCCCC(=O)NC(COP(=O)(O)OCC[N+](C)(C)C)C(/C=C/CCCCCCCCCCCCC)OC(=O)CCCCCCCCCCCCC/C=C/CCCCCCCC. The first-order chi connectivity index (χ1) is 36.9. The van der Waals surface area contributed by atoms with Crippen molar-refractivity contribution in [1.29, 1.82) is 0 Å². The third-order valence-electron chi connectivity index (χ3n) is 14.2. The second-order valence-corrected chi connectivity index (χ2v) is 24.4. The first-order valence-electron chi connectivity index (χ1n) is 32.1. The first-order valence-corrected chi connectivity index (χ1v) is 33.6. The number of allylic oxidation sites excluding steroid dienone is 9. The van der Waals surface area contributed by atoms with E-state index in [9.17, 15) is 19.0 Å². The molecule has 0 saturated heterocycles. The zero-order chi connectivity index (χ0) is 55.7. The number of nitrogens with one attached hydrogen (secondary N) is 1. The molecular weight excluding hydrogens is 964 g/mol. The van der Waals surface area contributed by atoms with Crippen LogP contribution in [0.25, 0.3) is 0 Å². The molecule has 9 nitrogen and oxygen atoms in total. The molecule has 0 aliphatic rings. The van der Waals surface area contributed by atoms with Gasteiger partial charge in [-0.25, -0.2) is 4.57 Å². The Balaban J connectivity index is 5.23. The maximum Gasteiger partial charge on any atom is 0.472 e. The number of amides is 1. The maximum absolute atomic E-state index is 13.5. The second kappa shape index (κ2) is 56.0. The molecule has 0 spiro atoms. The zero-order valence-electron chi connectivity index (χ0n) is 50.7. The van der Waals surface area contributed by atoms with Gasteiger partial charge in [-0.15, -0.1) is 0 Å². The van der Waals surface area contributed by atoms with Crippen LogP contribution in [0.5, 0.6) is 0 Å². The van der Waals surface area contributed by atoms with Crippen LogP contribution in [0.15, 0.2) is 60.8 Å². The summed E-state index contributed by atoms with van der Waals surface area (Å²) >= 11 is 0. The summed E-state index contributed by atoms with van der Waals surface area (Å²) < 4.78 is 30.7. The van der Waals surface area contributed by atoms with Gasteiger partial charge in [-0.2, -0.15) is 0 Å². The lowest BCUT2D eigenvalue weighted by Gasteiger charge is -2.27. The quantitative estimate of drug-likeness (QED) is 0.0205. The molecule has 1 amide bonds. The van der Waals surface area contributed by atoms with E-state index in [4.69, 9.17) is 13.8 Å². The number of esters is 1. The average molecular weight is 1090 g/mol. The van der Waals surface area contributed by atoms with Crippen molar-refractivity contribution >= 4 is 19.7 Å². The Morgan fingerprint density at radius 3 is 1.28 bits per heavy atom. The molecule has 3 atom stereocenters. The van der Waals surface area contributed by atoms with E-state index in [1.165, 1.54) is 173 Å². The molecule has 0 aliphatic heterocycles. The van der Waals surface area contributed by atoms with E-state index in [1.54, 1.807) is 0 Å². The van der Waals surface area contributed by atoms with Gasteiger partial charge in [-0.05, 0) is 89.5 Å². The highest BCUT2D eigenvalue weighted by Gasteiger charge is 2.30. The number of phosphoric ester groups is 1. The predicted octanol–water partition coefficient (Wildman–Crippen LogP) is 19.8. The number of hydrogen-bond donors (Lipinski definition) is 2. The second-order valence-electron chi connectivity index (χ2n) is 22.9. The number of phosphoric acid groups is 1. The number of likely N-dealkylation sites (N-methyl/N-ethyl adjacent to an activating group) is 1. The molecule has 0 heterocycles. The highest BCUT2D eigenvalue weighted by Crippen LogP contribution is 2.43. The molecule has 3 unspecified atom stereocenters. The summed E-state index contributed by atoms with van der Waals surface area (Å²) in [6, 6.07) is -0.856. The number of rotatable bonds is 58. The molecule has 0 aromatic rings. The Labute approximate surface area is 471 Å². The van der Waals surface area contributed by atoms with E-state index in [2.05, 4.69) is 74.7 Å². The summed E-state index contributed by atoms with van der Waals surface area (Å²) in [7, 11) is 1.49. The highest BCUT2D eigenvalue weighted by molar-refractivity contribution is 7.47. The summed E-state index contributed by atoms with van der Waals surface area (Å²) in [5, 5.41) is 3.05. The fraction of sp³-hybridized carbons (Fsp3) is 0.818.